The lowest BCUT2D eigenvalue weighted by molar-refractivity contribution is -0.135. The Balaban J connectivity index is 0.00000288. The summed E-state index contributed by atoms with van der Waals surface area (Å²) in [5.41, 5.74) is 0.421. The highest BCUT2D eigenvalue weighted by Crippen LogP contribution is 2.36. The molecule has 1 saturated carbocycles. The smallest absolute Gasteiger partial charge is 0.225 e. The molecular formula is C18H35IN4O. The van der Waals surface area contributed by atoms with Crippen LogP contribution in [-0.4, -0.2) is 49.5 Å². The standard InChI is InChI=1S/C18H34N4O.HI/c1-14(2)16(23)22-11-7-15(8-12-22)21-17(19-4)20-13-18(3)9-5-6-10-18;/h14-15H,5-13H2,1-4H3,(H2,19,20,21);1H. The molecule has 0 atom stereocenters. The van der Waals surface area contributed by atoms with Crippen molar-refractivity contribution in [2.45, 2.75) is 65.3 Å². The van der Waals surface area contributed by atoms with Crippen molar-refractivity contribution in [2.75, 3.05) is 26.7 Å². The lowest BCUT2D eigenvalue weighted by Gasteiger charge is -2.34. The van der Waals surface area contributed by atoms with E-state index in [1.807, 2.05) is 25.8 Å². The van der Waals surface area contributed by atoms with E-state index in [-0.39, 0.29) is 35.8 Å². The largest absolute Gasteiger partial charge is 0.356 e. The first kappa shape index (κ1) is 21.5. The summed E-state index contributed by atoms with van der Waals surface area (Å²) in [7, 11) is 1.84. The van der Waals surface area contributed by atoms with E-state index in [1.165, 1.54) is 25.7 Å². The Labute approximate surface area is 164 Å². The van der Waals surface area contributed by atoms with Gasteiger partial charge < -0.3 is 15.5 Å². The zero-order valence-corrected chi connectivity index (χ0v) is 18.1. The van der Waals surface area contributed by atoms with Gasteiger partial charge in [-0.3, -0.25) is 9.79 Å². The van der Waals surface area contributed by atoms with E-state index < -0.39 is 0 Å². The van der Waals surface area contributed by atoms with Gasteiger partial charge in [0.05, 0.1) is 0 Å². The summed E-state index contributed by atoms with van der Waals surface area (Å²) in [6, 6.07) is 0.411. The monoisotopic (exact) mass is 450 g/mol. The molecule has 0 spiro atoms. The van der Waals surface area contributed by atoms with Gasteiger partial charge in [0.1, 0.15) is 0 Å². The molecule has 1 saturated heterocycles. The van der Waals surface area contributed by atoms with Crippen molar-refractivity contribution in [3.63, 3.8) is 0 Å². The fraction of sp³-hybridized carbons (Fsp3) is 0.889. The first-order valence-electron chi connectivity index (χ1n) is 9.19. The zero-order valence-electron chi connectivity index (χ0n) is 15.7. The van der Waals surface area contributed by atoms with Crippen molar-refractivity contribution in [3.05, 3.63) is 0 Å². The van der Waals surface area contributed by atoms with Crippen molar-refractivity contribution in [1.82, 2.24) is 15.5 Å². The second kappa shape index (κ2) is 9.82. The lowest BCUT2D eigenvalue weighted by atomic mass is 9.89. The van der Waals surface area contributed by atoms with Crippen LogP contribution in [0.1, 0.15) is 59.3 Å². The molecule has 0 aromatic carbocycles. The number of carbonyl (C=O) groups excluding carboxylic acids is 1. The number of piperidine rings is 1. The zero-order chi connectivity index (χ0) is 16.9. The number of nitrogens with zero attached hydrogens (tertiary/aromatic N) is 2. The van der Waals surface area contributed by atoms with Crippen LogP contribution in [0.15, 0.2) is 4.99 Å². The van der Waals surface area contributed by atoms with Crippen LogP contribution in [0.3, 0.4) is 0 Å². The van der Waals surface area contributed by atoms with Crippen molar-refractivity contribution in [2.24, 2.45) is 16.3 Å². The first-order valence-corrected chi connectivity index (χ1v) is 9.19. The Morgan fingerprint density at radius 2 is 1.83 bits per heavy atom. The molecule has 0 bridgehead atoms. The summed E-state index contributed by atoms with van der Waals surface area (Å²) in [6.07, 6.45) is 7.32. The van der Waals surface area contributed by atoms with Crippen LogP contribution in [0.4, 0.5) is 0 Å². The minimum Gasteiger partial charge on any atom is -0.356 e. The Bertz CT molecular complexity index is 425. The summed E-state index contributed by atoms with van der Waals surface area (Å²) >= 11 is 0. The predicted molar refractivity (Wildman–Crippen MR) is 111 cm³/mol. The second-order valence-corrected chi connectivity index (χ2v) is 7.84. The molecule has 1 aliphatic carbocycles. The SMILES string of the molecule is CN=C(NCC1(C)CCCC1)NC1CCN(C(=O)C(C)C)CC1.I. The molecule has 2 N–H and O–H groups in total. The number of rotatable bonds is 4. The number of hydrogen-bond donors (Lipinski definition) is 2. The average molecular weight is 450 g/mol. The quantitative estimate of drug-likeness (QED) is 0.394. The molecule has 2 fully saturated rings. The average Bonchev–Trinajstić information content (AvgIpc) is 2.98. The summed E-state index contributed by atoms with van der Waals surface area (Å²) in [6.45, 7) is 9.02. The van der Waals surface area contributed by atoms with Crippen LogP contribution < -0.4 is 10.6 Å². The highest BCUT2D eigenvalue weighted by Gasteiger charge is 2.29. The number of likely N-dealkylation sites (tertiary alicyclic amines) is 1. The van der Waals surface area contributed by atoms with Gasteiger partial charge in [-0.1, -0.05) is 33.6 Å². The summed E-state index contributed by atoms with van der Waals surface area (Å²) < 4.78 is 0. The maximum atomic E-state index is 12.0. The first-order chi connectivity index (χ1) is 10.9. The van der Waals surface area contributed by atoms with Gasteiger partial charge in [-0.15, -0.1) is 24.0 Å². The molecule has 140 valence electrons. The van der Waals surface area contributed by atoms with Gasteiger partial charge in [0.2, 0.25) is 5.91 Å². The number of nitrogens with one attached hydrogen (secondary N) is 2. The van der Waals surface area contributed by atoms with Gasteiger partial charge >= 0.3 is 0 Å². The van der Waals surface area contributed by atoms with Gasteiger partial charge in [-0.2, -0.15) is 0 Å². The normalized spacial score (nSPS) is 21.5. The lowest BCUT2D eigenvalue weighted by Crippen LogP contribution is -2.51. The van der Waals surface area contributed by atoms with Gasteiger partial charge in [0.15, 0.2) is 5.96 Å². The third kappa shape index (κ3) is 6.08. The molecule has 2 aliphatic rings. The predicted octanol–water partition coefficient (Wildman–Crippen LogP) is 3.00. The Morgan fingerprint density at radius 1 is 1.25 bits per heavy atom. The molecule has 1 amide bonds. The third-order valence-electron chi connectivity index (χ3n) is 5.36. The number of carbonyl (C=O) groups is 1. The summed E-state index contributed by atoms with van der Waals surface area (Å²) in [5, 5.41) is 7.05. The molecule has 1 heterocycles. The Hall–Kier alpha value is -0.530. The number of halogens is 1. The Kier molecular flexibility index (Phi) is 8.81. The summed E-state index contributed by atoms with van der Waals surface area (Å²) in [4.78, 5) is 18.4. The molecule has 0 aromatic rings. The topological polar surface area (TPSA) is 56.7 Å². The Morgan fingerprint density at radius 3 is 2.33 bits per heavy atom. The van der Waals surface area contributed by atoms with Gasteiger partial charge in [-0.05, 0) is 31.1 Å². The van der Waals surface area contributed by atoms with E-state index in [0.29, 0.717) is 11.5 Å². The van der Waals surface area contributed by atoms with Crippen LogP contribution in [0.5, 0.6) is 0 Å². The van der Waals surface area contributed by atoms with Gasteiger partial charge in [-0.25, -0.2) is 0 Å². The molecule has 0 radical (unpaired) electrons. The molecule has 0 unspecified atom stereocenters. The van der Waals surface area contributed by atoms with Crippen molar-refractivity contribution in [1.29, 1.82) is 0 Å². The van der Waals surface area contributed by atoms with E-state index >= 15 is 0 Å². The van der Waals surface area contributed by atoms with Crippen molar-refractivity contribution >= 4 is 35.8 Å². The number of aliphatic imine (C=N–C) groups is 1. The molecule has 0 aromatic heterocycles. The van der Waals surface area contributed by atoms with Gasteiger partial charge in [0.25, 0.3) is 0 Å². The fourth-order valence-corrected chi connectivity index (χ4v) is 3.70. The minimum atomic E-state index is 0. The molecule has 1 aliphatic heterocycles. The maximum absolute atomic E-state index is 12.0. The molecule has 2 rings (SSSR count). The molecular weight excluding hydrogens is 415 g/mol. The van der Waals surface area contributed by atoms with Crippen LogP contribution in [0, 0.1) is 11.3 Å². The van der Waals surface area contributed by atoms with E-state index in [2.05, 4.69) is 22.5 Å². The minimum absolute atomic E-state index is 0. The van der Waals surface area contributed by atoms with Crippen LogP contribution in [0.2, 0.25) is 0 Å². The highest BCUT2D eigenvalue weighted by atomic mass is 127. The molecule has 6 heteroatoms. The molecule has 24 heavy (non-hydrogen) atoms. The van der Waals surface area contributed by atoms with Crippen molar-refractivity contribution < 1.29 is 4.79 Å². The number of hydrogen-bond acceptors (Lipinski definition) is 2. The van der Waals surface area contributed by atoms with E-state index in [9.17, 15) is 4.79 Å². The van der Waals surface area contributed by atoms with Crippen LogP contribution in [-0.2, 0) is 4.79 Å². The fourth-order valence-electron chi connectivity index (χ4n) is 3.70. The van der Waals surface area contributed by atoms with E-state index in [4.69, 9.17) is 0 Å². The third-order valence-corrected chi connectivity index (χ3v) is 5.36. The van der Waals surface area contributed by atoms with Crippen LogP contribution in [0.25, 0.3) is 0 Å². The van der Waals surface area contributed by atoms with Crippen LogP contribution >= 0.6 is 24.0 Å². The second-order valence-electron chi connectivity index (χ2n) is 7.84. The number of guanidine groups is 1. The summed E-state index contributed by atoms with van der Waals surface area (Å²) in [5.74, 6) is 1.29. The van der Waals surface area contributed by atoms with Gasteiger partial charge in [0, 0.05) is 38.6 Å². The van der Waals surface area contributed by atoms with Crippen molar-refractivity contribution in [3.8, 4) is 0 Å². The van der Waals surface area contributed by atoms with E-state index in [0.717, 1.165) is 38.4 Å². The molecule has 5 nitrogen and oxygen atoms in total. The maximum Gasteiger partial charge on any atom is 0.225 e. The van der Waals surface area contributed by atoms with E-state index in [1.54, 1.807) is 0 Å². The number of amides is 1. The highest BCUT2D eigenvalue weighted by molar-refractivity contribution is 14.0.